The number of halogens is 6. The Bertz CT molecular complexity index is 861. The van der Waals surface area contributed by atoms with E-state index in [-0.39, 0.29) is 11.3 Å². The van der Waals surface area contributed by atoms with Gasteiger partial charge in [0, 0.05) is 17.1 Å². The monoisotopic (exact) mass is 342 g/mol. The quantitative estimate of drug-likeness (QED) is 0.558. The molecular weight excluding hydrogens is 334 g/mol. The summed E-state index contributed by atoms with van der Waals surface area (Å²) in [5.41, 5.74) is -3.47. The first kappa shape index (κ1) is 16.2. The lowest BCUT2D eigenvalue weighted by atomic mass is 10.0. The third-order valence-corrected chi connectivity index (χ3v) is 3.35. The van der Waals surface area contributed by atoms with Crippen molar-refractivity contribution in [1.29, 1.82) is 0 Å². The standard InChI is InChI=1S/C16H8F6N2/c17-15(18,19)12-7-10(8-13(24-12)16(20,21)22)14-11-4-2-1-3-9(11)5-6-23-14/h1-8H. The van der Waals surface area contributed by atoms with Crippen molar-refractivity contribution in [3.8, 4) is 11.3 Å². The van der Waals surface area contributed by atoms with Crippen molar-refractivity contribution in [2.45, 2.75) is 12.4 Å². The molecule has 0 saturated heterocycles. The van der Waals surface area contributed by atoms with Gasteiger partial charge in [0.25, 0.3) is 0 Å². The van der Waals surface area contributed by atoms with E-state index in [1.165, 1.54) is 6.20 Å². The molecule has 0 saturated carbocycles. The van der Waals surface area contributed by atoms with E-state index < -0.39 is 23.7 Å². The first-order valence-corrected chi connectivity index (χ1v) is 6.67. The van der Waals surface area contributed by atoms with E-state index in [1.807, 2.05) is 0 Å². The van der Waals surface area contributed by atoms with Crippen LogP contribution in [-0.4, -0.2) is 9.97 Å². The molecule has 3 rings (SSSR count). The highest BCUT2D eigenvalue weighted by Gasteiger charge is 2.39. The molecule has 0 fully saturated rings. The van der Waals surface area contributed by atoms with Crippen LogP contribution in [0.3, 0.4) is 0 Å². The zero-order valence-electron chi connectivity index (χ0n) is 11.8. The van der Waals surface area contributed by atoms with Gasteiger partial charge in [-0.05, 0) is 23.6 Å². The summed E-state index contributed by atoms with van der Waals surface area (Å²) in [6, 6.07) is 9.38. The number of hydrogen-bond donors (Lipinski definition) is 0. The topological polar surface area (TPSA) is 25.8 Å². The van der Waals surface area contributed by atoms with Gasteiger partial charge < -0.3 is 0 Å². The van der Waals surface area contributed by atoms with Gasteiger partial charge in [-0.15, -0.1) is 0 Å². The van der Waals surface area contributed by atoms with Crippen LogP contribution < -0.4 is 0 Å². The number of hydrogen-bond acceptors (Lipinski definition) is 2. The fourth-order valence-electron chi connectivity index (χ4n) is 2.31. The fourth-order valence-corrected chi connectivity index (χ4v) is 2.31. The molecule has 0 radical (unpaired) electrons. The fraction of sp³-hybridized carbons (Fsp3) is 0.125. The molecule has 0 bridgehead atoms. The minimum absolute atomic E-state index is 0.0338. The van der Waals surface area contributed by atoms with Crippen molar-refractivity contribution >= 4 is 10.8 Å². The largest absolute Gasteiger partial charge is 0.433 e. The van der Waals surface area contributed by atoms with Crippen LogP contribution in [0.1, 0.15) is 11.4 Å². The molecule has 0 unspecified atom stereocenters. The van der Waals surface area contributed by atoms with Crippen molar-refractivity contribution in [2.75, 3.05) is 0 Å². The van der Waals surface area contributed by atoms with Crippen molar-refractivity contribution in [3.63, 3.8) is 0 Å². The first-order chi connectivity index (χ1) is 11.2. The lowest BCUT2D eigenvalue weighted by Gasteiger charge is -2.13. The molecule has 3 aromatic rings. The van der Waals surface area contributed by atoms with E-state index in [9.17, 15) is 26.3 Å². The number of fused-ring (bicyclic) bond motifs is 1. The molecule has 0 aliphatic carbocycles. The Labute approximate surface area is 131 Å². The van der Waals surface area contributed by atoms with Crippen LogP contribution in [0.2, 0.25) is 0 Å². The molecule has 2 aromatic heterocycles. The zero-order chi connectivity index (χ0) is 17.5. The smallest absolute Gasteiger partial charge is 0.256 e. The van der Waals surface area contributed by atoms with Gasteiger partial charge in [-0.25, -0.2) is 4.98 Å². The van der Waals surface area contributed by atoms with E-state index in [1.54, 1.807) is 30.3 Å². The maximum absolute atomic E-state index is 12.9. The molecule has 0 aliphatic heterocycles. The molecule has 24 heavy (non-hydrogen) atoms. The van der Waals surface area contributed by atoms with Crippen LogP contribution in [-0.2, 0) is 12.4 Å². The van der Waals surface area contributed by atoms with E-state index in [4.69, 9.17) is 0 Å². The number of aromatic nitrogens is 2. The molecule has 0 atom stereocenters. The van der Waals surface area contributed by atoms with Crippen LogP contribution in [0, 0.1) is 0 Å². The Morgan fingerprint density at radius 2 is 1.33 bits per heavy atom. The minimum Gasteiger partial charge on any atom is -0.256 e. The molecule has 124 valence electrons. The SMILES string of the molecule is FC(F)(F)c1cc(-c2nccc3ccccc23)cc(C(F)(F)F)n1. The predicted octanol–water partition coefficient (Wildman–Crippen LogP) is 5.33. The number of pyridine rings is 2. The second kappa shape index (κ2) is 5.47. The molecule has 0 N–H and O–H groups in total. The Morgan fingerprint density at radius 3 is 1.92 bits per heavy atom. The average molecular weight is 342 g/mol. The second-order valence-electron chi connectivity index (χ2n) is 5.00. The summed E-state index contributed by atoms with van der Waals surface area (Å²) in [6.45, 7) is 0. The van der Waals surface area contributed by atoms with Crippen molar-refractivity contribution in [3.05, 3.63) is 60.0 Å². The van der Waals surface area contributed by atoms with Crippen LogP contribution in [0.15, 0.2) is 48.7 Å². The summed E-state index contributed by atoms with van der Waals surface area (Å²) < 4.78 is 77.5. The molecule has 2 nitrogen and oxygen atoms in total. The van der Waals surface area contributed by atoms with E-state index >= 15 is 0 Å². The van der Waals surface area contributed by atoms with Crippen LogP contribution in [0.4, 0.5) is 26.3 Å². The Morgan fingerprint density at radius 1 is 0.750 bits per heavy atom. The maximum Gasteiger partial charge on any atom is 0.433 e. The summed E-state index contributed by atoms with van der Waals surface area (Å²) in [5, 5.41) is 1.11. The summed E-state index contributed by atoms with van der Waals surface area (Å²) in [6.07, 6.45) is -8.67. The lowest BCUT2D eigenvalue weighted by molar-refractivity contribution is -0.150. The van der Waals surface area contributed by atoms with Gasteiger partial charge in [-0.3, -0.25) is 4.98 Å². The zero-order valence-corrected chi connectivity index (χ0v) is 11.8. The van der Waals surface area contributed by atoms with E-state index in [0.29, 0.717) is 22.9 Å². The van der Waals surface area contributed by atoms with E-state index in [0.717, 1.165) is 0 Å². The van der Waals surface area contributed by atoms with E-state index in [2.05, 4.69) is 9.97 Å². The van der Waals surface area contributed by atoms with Crippen LogP contribution >= 0.6 is 0 Å². The van der Waals surface area contributed by atoms with Gasteiger partial charge in [0.2, 0.25) is 0 Å². The molecule has 0 aliphatic rings. The first-order valence-electron chi connectivity index (χ1n) is 6.67. The van der Waals surface area contributed by atoms with Crippen molar-refractivity contribution < 1.29 is 26.3 Å². The molecule has 0 amide bonds. The average Bonchev–Trinajstić information content (AvgIpc) is 2.52. The summed E-state index contributed by atoms with van der Waals surface area (Å²) in [7, 11) is 0. The molecule has 2 heterocycles. The second-order valence-corrected chi connectivity index (χ2v) is 5.00. The summed E-state index contributed by atoms with van der Waals surface area (Å²) in [4.78, 5) is 6.66. The van der Waals surface area contributed by atoms with Gasteiger partial charge >= 0.3 is 12.4 Å². The Hall–Kier alpha value is -2.64. The van der Waals surface area contributed by atoms with Crippen LogP contribution in [0.5, 0.6) is 0 Å². The van der Waals surface area contributed by atoms with Gasteiger partial charge in [0.05, 0.1) is 5.69 Å². The Kier molecular flexibility index (Phi) is 3.70. The number of alkyl halides is 6. The molecule has 8 heteroatoms. The van der Waals surface area contributed by atoms with Crippen molar-refractivity contribution in [1.82, 2.24) is 9.97 Å². The normalized spacial score (nSPS) is 12.6. The van der Waals surface area contributed by atoms with Crippen molar-refractivity contribution in [2.24, 2.45) is 0 Å². The number of benzene rings is 1. The molecule has 1 aromatic carbocycles. The lowest BCUT2D eigenvalue weighted by Crippen LogP contribution is -2.15. The highest BCUT2D eigenvalue weighted by molar-refractivity contribution is 5.94. The van der Waals surface area contributed by atoms with Gasteiger partial charge in [0.1, 0.15) is 11.4 Å². The molecular formula is C16H8F6N2. The maximum atomic E-state index is 12.9. The third kappa shape index (κ3) is 3.04. The highest BCUT2D eigenvalue weighted by atomic mass is 19.4. The van der Waals surface area contributed by atoms with Crippen LogP contribution in [0.25, 0.3) is 22.0 Å². The third-order valence-electron chi connectivity index (χ3n) is 3.35. The summed E-state index contributed by atoms with van der Waals surface area (Å²) in [5.74, 6) is 0. The van der Waals surface area contributed by atoms with Gasteiger partial charge in [-0.1, -0.05) is 24.3 Å². The molecule has 0 spiro atoms. The van der Waals surface area contributed by atoms with Gasteiger partial charge in [-0.2, -0.15) is 26.3 Å². The number of nitrogens with zero attached hydrogens (tertiary/aromatic N) is 2. The predicted molar refractivity (Wildman–Crippen MR) is 75.0 cm³/mol. The van der Waals surface area contributed by atoms with Gasteiger partial charge in [0.15, 0.2) is 0 Å². The Balaban J connectivity index is 2.30. The minimum atomic E-state index is -5.00. The summed E-state index contributed by atoms with van der Waals surface area (Å²) >= 11 is 0. The number of rotatable bonds is 1. The highest BCUT2D eigenvalue weighted by Crippen LogP contribution is 2.37.